The van der Waals surface area contributed by atoms with Gasteiger partial charge in [-0.05, 0) is 54.8 Å². The van der Waals surface area contributed by atoms with Crippen molar-refractivity contribution >= 4 is 45.0 Å². The van der Waals surface area contributed by atoms with Crippen LogP contribution in [0.15, 0.2) is 53.4 Å². The molecule has 1 amide bonds. The maximum absolute atomic E-state index is 12.5. The minimum absolute atomic E-state index is 0.0144. The molecule has 1 aliphatic rings. The van der Waals surface area contributed by atoms with E-state index in [1.807, 2.05) is 0 Å². The third kappa shape index (κ3) is 5.00. The Morgan fingerprint density at radius 2 is 1.79 bits per heavy atom. The summed E-state index contributed by atoms with van der Waals surface area (Å²) in [7, 11) is -3.50. The molecule has 0 unspecified atom stereocenters. The van der Waals surface area contributed by atoms with E-state index < -0.39 is 20.9 Å². The molecule has 152 valence electrons. The molecule has 1 heterocycles. The Bertz CT molecular complexity index is 1060. The number of nitrogens with one attached hydrogen (secondary N) is 1. The van der Waals surface area contributed by atoms with Gasteiger partial charge in [-0.1, -0.05) is 17.7 Å². The number of sulfonamides is 1. The first-order chi connectivity index (χ1) is 13.8. The van der Waals surface area contributed by atoms with Crippen LogP contribution >= 0.6 is 11.6 Å². The highest BCUT2D eigenvalue weighted by Crippen LogP contribution is 2.26. The van der Waals surface area contributed by atoms with Crippen molar-refractivity contribution in [3.05, 3.63) is 69.2 Å². The van der Waals surface area contributed by atoms with Gasteiger partial charge in [0.25, 0.3) is 5.69 Å². The van der Waals surface area contributed by atoms with Crippen LogP contribution in [-0.2, 0) is 14.8 Å². The molecule has 10 heteroatoms. The molecule has 0 aromatic heterocycles. The molecule has 0 saturated carbocycles. The molecular weight excluding hydrogens is 418 g/mol. The molecule has 0 bridgehead atoms. The van der Waals surface area contributed by atoms with Crippen molar-refractivity contribution in [1.29, 1.82) is 0 Å². The Kier molecular flexibility index (Phi) is 6.31. The van der Waals surface area contributed by atoms with Gasteiger partial charge in [0.05, 0.1) is 9.82 Å². The number of anilines is 1. The summed E-state index contributed by atoms with van der Waals surface area (Å²) in [6.45, 7) is 1.04. The first-order valence-corrected chi connectivity index (χ1v) is 10.6. The maximum Gasteiger partial charge on any atom is 0.288 e. The Morgan fingerprint density at radius 3 is 2.41 bits per heavy atom. The van der Waals surface area contributed by atoms with Crippen LogP contribution in [0.1, 0.15) is 18.4 Å². The number of benzene rings is 2. The minimum atomic E-state index is -3.50. The lowest BCUT2D eigenvalue weighted by Crippen LogP contribution is -2.27. The quantitative estimate of drug-likeness (QED) is 0.422. The molecule has 0 atom stereocenters. The van der Waals surface area contributed by atoms with E-state index in [1.54, 1.807) is 6.07 Å². The van der Waals surface area contributed by atoms with Crippen molar-refractivity contribution in [3.63, 3.8) is 0 Å². The van der Waals surface area contributed by atoms with Crippen LogP contribution in [0, 0.1) is 10.1 Å². The van der Waals surface area contributed by atoms with Crippen LogP contribution in [0.4, 0.5) is 11.4 Å². The summed E-state index contributed by atoms with van der Waals surface area (Å²) in [5.41, 5.74) is 0.634. The van der Waals surface area contributed by atoms with Crippen molar-refractivity contribution in [3.8, 4) is 0 Å². The van der Waals surface area contributed by atoms with Crippen molar-refractivity contribution in [1.82, 2.24) is 4.31 Å². The van der Waals surface area contributed by atoms with Gasteiger partial charge in [0, 0.05) is 30.9 Å². The minimum Gasteiger partial charge on any atom is -0.323 e. The number of carbonyl (C=O) groups is 1. The molecule has 1 saturated heterocycles. The number of amides is 1. The zero-order chi connectivity index (χ0) is 21.0. The van der Waals surface area contributed by atoms with Crippen molar-refractivity contribution in [2.45, 2.75) is 17.7 Å². The molecule has 1 aliphatic heterocycles. The number of rotatable bonds is 6. The number of halogens is 1. The van der Waals surface area contributed by atoms with E-state index in [0.29, 0.717) is 24.3 Å². The number of nitrogens with zero attached hydrogens (tertiary/aromatic N) is 2. The highest BCUT2D eigenvalue weighted by atomic mass is 35.5. The molecular formula is C19H18ClN3O5S. The van der Waals surface area contributed by atoms with Crippen LogP contribution in [-0.4, -0.2) is 36.6 Å². The normalized spacial score (nSPS) is 14.9. The molecule has 1 N–H and O–H groups in total. The molecule has 29 heavy (non-hydrogen) atoms. The highest BCUT2D eigenvalue weighted by molar-refractivity contribution is 7.89. The third-order valence-corrected chi connectivity index (χ3v) is 6.65. The summed E-state index contributed by atoms with van der Waals surface area (Å²) < 4.78 is 26.4. The molecule has 1 fully saturated rings. The van der Waals surface area contributed by atoms with Gasteiger partial charge in [0.15, 0.2) is 0 Å². The Labute approximate surface area is 173 Å². The molecule has 0 radical (unpaired) electrons. The topological polar surface area (TPSA) is 110 Å². The van der Waals surface area contributed by atoms with Crippen LogP contribution in [0.2, 0.25) is 5.02 Å². The number of nitro groups is 1. The van der Waals surface area contributed by atoms with Gasteiger partial charge in [-0.15, -0.1) is 0 Å². The van der Waals surface area contributed by atoms with Gasteiger partial charge in [-0.2, -0.15) is 4.31 Å². The van der Waals surface area contributed by atoms with Crippen molar-refractivity contribution < 1.29 is 18.1 Å². The summed E-state index contributed by atoms with van der Waals surface area (Å²) in [4.78, 5) is 22.6. The van der Waals surface area contributed by atoms with Crippen LogP contribution in [0.25, 0.3) is 6.08 Å². The van der Waals surface area contributed by atoms with Gasteiger partial charge in [0.1, 0.15) is 5.02 Å². The third-order valence-electron chi connectivity index (χ3n) is 4.42. The smallest absolute Gasteiger partial charge is 0.288 e. The van der Waals surface area contributed by atoms with E-state index >= 15 is 0 Å². The van der Waals surface area contributed by atoms with E-state index in [4.69, 9.17) is 11.6 Å². The molecule has 0 aliphatic carbocycles. The summed E-state index contributed by atoms with van der Waals surface area (Å²) in [6.07, 6.45) is 4.36. The summed E-state index contributed by atoms with van der Waals surface area (Å²) in [5, 5.41) is 13.5. The molecule has 2 aromatic carbocycles. The van der Waals surface area contributed by atoms with Gasteiger partial charge in [-0.25, -0.2) is 8.42 Å². The second-order valence-electron chi connectivity index (χ2n) is 6.43. The molecule has 8 nitrogen and oxygen atoms in total. The van der Waals surface area contributed by atoms with E-state index in [-0.39, 0.29) is 15.6 Å². The van der Waals surface area contributed by atoms with E-state index in [0.717, 1.165) is 12.8 Å². The average molecular weight is 436 g/mol. The second kappa shape index (κ2) is 8.73. The lowest BCUT2D eigenvalue weighted by atomic mass is 10.2. The number of hydrogen-bond acceptors (Lipinski definition) is 5. The highest BCUT2D eigenvalue weighted by Gasteiger charge is 2.26. The van der Waals surface area contributed by atoms with E-state index in [9.17, 15) is 23.3 Å². The van der Waals surface area contributed by atoms with Gasteiger partial charge in [-0.3, -0.25) is 14.9 Å². The largest absolute Gasteiger partial charge is 0.323 e. The summed E-state index contributed by atoms with van der Waals surface area (Å²) in [5.74, 6) is -0.460. The van der Waals surface area contributed by atoms with Crippen LogP contribution in [0.3, 0.4) is 0 Å². The Hall–Kier alpha value is -2.75. The Morgan fingerprint density at radius 1 is 1.14 bits per heavy atom. The predicted molar refractivity (Wildman–Crippen MR) is 110 cm³/mol. The van der Waals surface area contributed by atoms with E-state index in [1.165, 1.54) is 52.9 Å². The summed E-state index contributed by atoms with van der Waals surface area (Å²) in [6, 6.07) is 10.1. The zero-order valence-electron chi connectivity index (χ0n) is 15.2. The van der Waals surface area contributed by atoms with Gasteiger partial charge >= 0.3 is 0 Å². The van der Waals surface area contributed by atoms with Crippen molar-refractivity contribution in [2.24, 2.45) is 0 Å². The Balaban J connectivity index is 1.66. The van der Waals surface area contributed by atoms with Gasteiger partial charge < -0.3 is 5.32 Å². The summed E-state index contributed by atoms with van der Waals surface area (Å²) >= 11 is 5.76. The fourth-order valence-electron chi connectivity index (χ4n) is 2.92. The predicted octanol–water partition coefficient (Wildman–Crippen LogP) is 3.68. The molecule has 0 spiro atoms. The van der Waals surface area contributed by atoms with Gasteiger partial charge in [0.2, 0.25) is 15.9 Å². The standard InChI is InChI=1S/C19H18ClN3O5S/c20-17-9-3-14(13-18(17)23(25)26)4-10-19(24)21-15-5-7-16(8-6-15)29(27,28)22-11-1-2-12-22/h3-10,13H,1-2,11-12H2,(H,21,24)/b10-4+. The monoisotopic (exact) mass is 435 g/mol. The SMILES string of the molecule is O=C(/C=C/c1ccc(Cl)c([N+](=O)[O-])c1)Nc1ccc(S(=O)(=O)N2CCCC2)cc1. The van der Waals surface area contributed by atoms with Crippen LogP contribution in [0.5, 0.6) is 0 Å². The van der Waals surface area contributed by atoms with Crippen LogP contribution < -0.4 is 5.32 Å². The molecule has 3 rings (SSSR count). The molecule has 2 aromatic rings. The second-order valence-corrected chi connectivity index (χ2v) is 8.77. The fourth-order valence-corrected chi connectivity index (χ4v) is 4.62. The first kappa shape index (κ1) is 21.0. The van der Waals surface area contributed by atoms with E-state index in [2.05, 4.69) is 5.32 Å². The average Bonchev–Trinajstić information content (AvgIpc) is 3.23. The van der Waals surface area contributed by atoms with Crippen molar-refractivity contribution in [2.75, 3.05) is 18.4 Å². The number of hydrogen-bond donors (Lipinski definition) is 1. The zero-order valence-corrected chi connectivity index (χ0v) is 16.8. The number of nitro benzene ring substituents is 1. The first-order valence-electron chi connectivity index (χ1n) is 8.80. The fraction of sp³-hybridized carbons (Fsp3) is 0.211. The number of carbonyl (C=O) groups excluding carboxylic acids is 1. The maximum atomic E-state index is 12.5. The lowest BCUT2D eigenvalue weighted by molar-refractivity contribution is -0.384. The lowest BCUT2D eigenvalue weighted by Gasteiger charge is -2.15.